The number of carbonyl (C=O) groups excluding carboxylic acids is 2. The highest BCUT2D eigenvalue weighted by Crippen LogP contribution is 2.39. The van der Waals surface area contributed by atoms with Crippen LogP contribution < -0.4 is 19.9 Å². The van der Waals surface area contributed by atoms with E-state index < -0.39 is 11.8 Å². The average Bonchev–Trinajstić information content (AvgIpc) is 3.34. The Morgan fingerprint density at radius 1 is 1.00 bits per heavy atom. The first-order valence-electron chi connectivity index (χ1n) is 8.95. The summed E-state index contributed by atoms with van der Waals surface area (Å²) in [5, 5.41) is 1.60. The van der Waals surface area contributed by atoms with Crippen LogP contribution in [0.4, 0.5) is 5.69 Å². The summed E-state index contributed by atoms with van der Waals surface area (Å²) in [5.74, 6) is 0.808. The minimum Gasteiger partial charge on any atom is -0.496 e. The van der Waals surface area contributed by atoms with Crippen molar-refractivity contribution in [1.29, 1.82) is 0 Å². The molecule has 0 unspecified atom stereocenters. The van der Waals surface area contributed by atoms with Gasteiger partial charge in [0.15, 0.2) is 0 Å². The molecule has 1 fully saturated rings. The van der Waals surface area contributed by atoms with Crippen molar-refractivity contribution in [2.24, 2.45) is 0 Å². The Hall–Kier alpha value is -3.71. The van der Waals surface area contributed by atoms with Gasteiger partial charge in [-0.05, 0) is 36.4 Å². The molecule has 1 saturated heterocycles. The molecule has 1 N–H and O–H groups in total. The van der Waals surface area contributed by atoms with Gasteiger partial charge >= 0.3 is 0 Å². The highest BCUT2D eigenvalue weighted by molar-refractivity contribution is 6.32. The number of nitrogens with zero attached hydrogens (tertiary/aromatic N) is 1. The number of para-hydroxylation sites is 1. The summed E-state index contributed by atoms with van der Waals surface area (Å²) in [5.41, 5.74) is 3.71. The second-order valence-electron chi connectivity index (χ2n) is 6.36. The Morgan fingerprint density at radius 2 is 1.73 bits per heavy atom. The van der Waals surface area contributed by atoms with Gasteiger partial charge in [0.2, 0.25) is 0 Å². The lowest BCUT2D eigenvalue weighted by Crippen LogP contribution is -2.35. The number of rotatable bonds is 5. The number of halogens is 1. The number of anilines is 1. The summed E-state index contributed by atoms with van der Waals surface area (Å²) in [6.07, 6.45) is 1.41. The number of hydrazine groups is 1. The molecule has 4 rings (SSSR count). The van der Waals surface area contributed by atoms with Gasteiger partial charge in [0.05, 0.1) is 30.5 Å². The number of carbonyl (C=O) groups is 2. The molecule has 30 heavy (non-hydrogen) atoms. The van der Waals surface area contributed by atoms with Gasteiger partial charge in [-0.3, -0.25) is 15.0 Å². The lowest BCUT2D eigenvalue weighted by molar-refractivity contribution is -0.117. The van der Waals surface area contributed by atoms with E-state index in [0.717, 1.165) is 0 Å². The van der Waals surface area contributed by atoms with Crippen LogP contribution in [0.15, 0.2) is 64.6 Å². The SMILES string of the molecule is COc1cc(-c2ccc(/C=C3/C(=O)NN(c4ccccc4)C3=O)o2)c(OC)cc1Cl. The Morgan fingerprint density at radius 3 is 2.43 bits per heavy atom. The molecule has 8 heteroatoms. The number of benzene rings is 2. The smallest absolute Gasteiger partial charge is 0.282 e. The van der Waals surface area contributed by atoms with Gasteiger partial charge in [-0.2, -0.15) is 0 Å². The molecule has 0 spiro atoms. The number of ether oxygens (including phenoxy) is 2. The van der Waals surface area contributed by atoms with Crippen molar-refractivity contribution in [3.63, 3.8) is 0 Å². The molecular formula is C22H17ClN2O5. The minimum atomic E-state index is -0.507. The summed E-state index contributed by atoms with van der Waals surface area (Å²) in [4.78, 5) is 25.0. The largest absolute Gasteiger partial charge is 0.496 e. The van der Waals surface area contributed by atoms with E-state index >= 15 is 0 Å². The third-order valence-electron chi connectivity index (χ3n) is 4.56. The molecule has 0 saturated carbocycles. The summed E-state index contributed by atoms with van der Waals surface area (Å²) in [6.45, 7) is 0. The summed E-state index contributed by atoms with van der Waals surface area (Å²) >= 11 is 6.15. The molecule has 0 radical (unpaired) electrons. The summed E-state index contributed by atoms with van der Waals surface area (Å²) in [7, 11) is 3.03. The van der Waals surface area contributed by atoms with E-state index in [2.05, 4.69) is 5.43 Å². The number of furan rings is 1. The maximum absolute atomic E-state index is 12.7. The van der Waals surface area contributed by atoms with Gasteiger partial charge in [0, 0.05) is 6.07 Å². The van der Waals surface area contributed by atoms with Gasteiger partial charge < -0.3 is 13.9 Å². The van der Waals surface area contributed by atoms with Crippen LogP contribution in [-0.4, -0.2) is 26.0 Å². The molecule has 0 aliphatic carbocycles. The van der Waals surface area contributed by atoms with E-state index in [9.17, 15) is 9.59 Å². The average molecular weight is 425 g/mol. The maximum Gasteiger partial charge on any atom is 0.282 e. The van der Waals surface area contributed by atoms with E-state index in [1.54, 1.807) is 48.5 Å². The Bertz CT molecular complexity index is 1150. The van der Waals surface area contributed by atoms with Crippen LogP contribution in [-0.2, 0) is 9.59 Å². The zero-order chi connectivity index (χ0) is 21.3. The fraction of sp³-hybridized carbons (Fsp3) is 0.0909. The lowest BCUT2D eigenvalue weighted by Gasteiger charge is -2.13. The quantitative estimate of drug-likeness (QED) is 0.493. The molecule has 152 valence electrons. The monoisotopic (exact) mass is 424 g/mol. The third-order valence-corrected chi connectivity index (χ3v) is 4.85. The molecule has 2 heterocycles. The van der Waals surface area contributed by atoms with E-state index in [1.165, 1.54) is 25.3 Å². The first-order valence-corrected chi connectivity index (χ1v) is 9.33. The molecular weight excluding hydrogens is 408 g/mol. The lowest BCUT2D eigenvalue weighted by atomic mass is 10.1. The van der Waals surface area contributed by atoms with Crippen molar-refractivity contribution in [2.45, 2.75) is 0 Å². The molecule has 7 nitrogen and oxygen atoms in total. The molecule has 3 aromatic rings. The van der Waals surface area contributed by atoms with Gasteiger partial charge in [-0.15, -0.1) is 0 Å². The summed E-state index contributed by atoms with van der Waals surface area (Å²) in [6, 6.07) is 15.5. The second-order valence-corrected chi connectivity index (χ2v) is 6.77. The molecule has 1 aliphatic rings. The van der Waals surface area contributed by atoms with Crippen LogP contribution in [0, 0.1) is 0 Å². The molecule has 2 aromatic carbocycles. The molecule has 2 amide bonds. The van der Waals surface area contributed by atoms with E-state index in [-0.39, 0.29) is 5.57 Å². The molecule has 0 bridgehead atoms. The highest BCUT2D eigenvalue weighted by atomic mass is 35.5. The molecule has 1 aliphatic heterocycles. The number of hydrogen-bond donors (Lipinski definition) is 1. The van der Waals surface area contributed by atoms with E-state index in [4.69, 9.17) is 25.5 Å². The predicted octanol–water partition coefficient (Wildman–Crippen LogP) is 4.08. The third kappa shape index (κ3) is 3.51. The highest BCUT2D eigenvalue weighted by Gasteiger charge is 2.34. The zero-order valence-electron chi connectivity index (χ0n) is 16.1. The van der Waals surface area contributed by atoms with Crippen LogP contribution in [0.1, 0.15) is 5.76 Å². The van der Waals surface area contributed by atoms with Gasteiger partial charge in [0.1, 0.15) is 28.6 Å². The fourth-order valence-corrected chi connectivity index (χ4v) is 3.32. The van der Waals surface area contributed by atoms with E-state index in [0.29, 0.717) is 39.3 Å². The number of hydrogen-bond acceptors (Lipinski definition) is 5. The first-order chi connectivity index (χ1) is 14.5. The van der Waals surface area contributed by atoms with Crippen LogP contribution in [0.5, 0.6) is 11.5 Å². The van der Waals surface area contributed by atoms with Gasteiger partial charge in [-0.1, -0.05) is 29.8 Å². The van der Waals surface area contributed by atoms with Gasteiger partial charge in [-0.25, -0.2) is 5.01 Å². The summed E-state index contributed by atoms with van der Waals surface area (Å²) < 4.78 is 16.5. The van der Waals surface area contributed by atoms with Crippen molar-refractivity contribution >= 4 is 35.2 Å². The Kier molecular flexibility index (Phi) is 5.20. The standard InChI is InChI=1S/C22H17ClN2O5/c1-28-19-12-17(23)20(29-2)11-15(19)18-9-8-14(30-18)10-16-21(26)24-25(22(16)27)13-6-4-3-5-7-13/h3-12H,1-2H3,(H,24,26)/b16-10-. The fourth-order valence-electron chi connectivity index (χ4n) is 3.09. The normalized spacial score (nSPS) is 14.9. The predicted molar refractivity (Wildman–Crippen MR) is 112 cm³/mol. The first kappa shape index (κ1) is 19.6. The van der Waals surface area contributed by atoms with Crippen molar-refractivity contribution in [3.8, 4) is 22.8 Å². The molecule has 1 aromatic heterocycles. The van der Waals surface area contributed by atoms with Gasteiger partial charge in [0.25, 0.3) is 11.8 Å². The van der Waals surface area contributed by atoms with Crippen molar-refractivity contribution in [2.75, 3.05) is 19.2 Å². The van der Waals surface area contributed by atoms with Crippen LogP contribution >= 0.6 is 11.6 Å². The van der Waals surface area contributed by atoms with Crippen LogP contribution in [0.3, 0.4) is 0 Å². The minimum absolute atomic E-state index is 0.0274. The number of amides is 2. The Labute approximate surface area is 177 Å². The van der Waals surface area contributed by atoms with Crippen LogP contribution in [0.25, 0.3) is 17.4 Å². The van der Waals surface area contributed by atoms with Crippen molar-refractivity contribution in [3.05, 3.63) is 71.0 Å². The van der Waals surface area contributed by atoms with Crippen molar-refractivity contribution in [1.82, 2.24) is 5.43 Å². The Balaban J connectivity index is 1.66. The topological polar surface area (TPSA) is 81.0 Å². The number of methoxy groups -OCH3 is 2. The zero-order valence-corrected chi connectivity index (χ0v) is 16.9. The number of nitrogens with one attached hydrogen (secondary N) is 1. The molecule has 0 atom stereocenters. The van der Waals surface area contributed by atoms with E-state index in [1.807, 2.05) is 6.07 Å². The van der Waals surface area contributed by atoms with Crippen LogP contribution in [0.2, 0.25) is 5.02 Å². The van der Waals surface area contributed by atoms with Crippen molar-refractivity contribution < 1.29 is 23.5 Å². The maximum atomic E-state index is 12.7. The second kappa shape index (κ2) is 7.96.